The Morgan fingerprint density at radius 2 is 2.24 bits per heavy atom. The van der Waals surface area contributed by atoms with Gasteiger partial charge in [0, 0.05) is 18.5 Å². The molecule has 2 aromatic rings. The molecule has 0 radical (unpaired) electrons. The lowest BCUT2D eigenvalue weighted by atomic mass is 10.2. The predicted molar refractivity (Wildman–Crippen MR) is 69.1 cm³/mol. The zero-order valence-electron chi connectivity index (χ0n) is 9.93. The van der Waals surface area contributed by atoms with Gasteiger partial charge >= 0.3 is 0 Å². The van der Waals surface area contributed by atoms with Crippen molar-refractivity contribution in [3.63, 3.8) is 0 Å². The SMILES string of the molecule is CC(=O)CCc1nc(C)cc(-c2cccs2)n1. The van der Waals surface area contributed by atoms with Gasteiger partial charge in [-0.05, 0) is 31.4 Å². The van der Waals surface area contributed by atoms with E-state index >= 15 is 0 Å². The molecular formula is C13H14N2OS. The molecule has 4 heteroatoms. The van der Waals surface area contributed by atoms with Crippen LogP contribution < -0.4 is 0 Å². The molecule has 0 N–H and O–H groups in total. The third kappa shape index (κ3) is 3.20. The number of aromatic nitrogens is 2. The molecule has 0 atom stereocenters. The Kier molecular flexibility index (Phi) is 3.64. The Balaban J connectivity index is 2.26. The van der Waals surface area contributed by atoms with Crippen LogP contribution in [-0.2, 0) is 11.2 Å². The monoisotopic (exact) mass is 246 g/mol. The number of rotatable bonds is 4. The summed E-state index contributed by atoms with van der Waals surface area (Å²) < 4.78 is 0. The molecule has 17 heavy (non-hydrogen) atoms. The second-order valence-electron chi connectivity index (χ2n) is 3.99. The number of hydrogen-bond acceptors (Lipinski definition) is 4. The fourth-order valence-electron chi connectivity index (χ4n) is 1.58. The van der Waals surface area contributed by atoms with Gasteiger partial charge in [-0.25, -0.2) is 9.97 Å². The average molecular weight is 246 g/mol. The second kappa shape index (κ2) is 5.19. The van der Waals surface area contributed by atoms with Gasteiger partial charge in [0.15, 0.2) is 0 Å². The fraction of sp³-hybridized carbons (Fsp3) is 0.308. The average Bonchev–Trinajstić information content (AvgIpc) is 2.79. The molecule has 2 heterocycles. The molecule has 0 aromatic carbocycles. The van der Waals surface area contributed by atoms with Crippen LogP contribution in [0.3, 0.4) is 0 Å². The Labute approximate surface area is 105 Å². The molecule has 0 aliphatic heterocycles. The minimum absolute atomic E-state index is 0.174. The molecular weight excluding hydrogens is 232 g/mol. The topological polar surface area (TPSA) is 42.9 Å². The van der Waals surface area contributed by atoms with E-state index in [0.29, 0.717) is 12.8 Å². The largest absolute Gasteiger partial charge is 0.300 e. The Morgan fingerprint density at radius 3 is 2.88 bits per heavy atom. The number of ketones is 1. The van der Waals surface area contributed by atoms with E-state index in [1.165, 1.54) is 0 Å². The summed E-state index contributed by atoms with van der Waals surface area (Å²) >= 11 is 1.66. The number of carbonyl (C=O) groups excluding carboxylic acids is 1. The van der Waals surface area contributed by atoms with Gasteiger partial charge in [-0.15, -0.1) is 11.3 Å². The van der Waals surface area contributed by atoms with Crippen molar-refractivity contribution in [2.45, 2.75) is 26.7 Å². The lowest BCUT2D eigenvalue weighted by molar-refractivity contribution is -0.117. The van der Waals surface area contributed by atoms with Crippen molar-refractivity contribution in [1.82, 2.24) is 9.97 Å². The van der Waals surface area contributed by atoms with Gasteiger partial charge in [0.2, 0.25) is 0 Å². The Bertz CT molecular complexity index is 520. The molecule has 3 nitrogen and oxygen atoms in total. The fourth-order valence-corrected chi connectivity index (χ4v) is 2.27. The van der Waals surface area contributed by atoms with Gasteiger partial charge in [0.05, 0.1) is 10.6 Å². The molecule has 0 saturated heterocycles. The van der Waals surface area contributed by atoms with Crippen molar-refractivity contribution in [1.29, 1.82) is 0 Å². The van der Waals surface area contributed by atoms with Gasteiger partial charge in [-0.2, -0.15) is 0 Å². The van der Waals surface area contributed by atoms with E-state index in [2.05, 4.69) is 9.97 Å². The van der Waals surface area contributed by atoms with Gasteiger partial charge in [-0.3, -0.25) is 0 Å². The van der Waals surface area contributed by atoms with Gasteiger partial charge in [0.25, 0.3) is 0 Å². The lowest BCUT2D eigenvalue weighted by Gasteiger charge is -2.03. The summed E-state index contributed by atoms with van der Waals surface area (Å²) in [6.07, 6.45) is 1.13. The molecule has 0 unspecified atom stereocenters. The summed E-state index contributed by atoms with van der Waals surface area (Å²) in [5, 5.41) is 2.03. The number of thiophene rings is 1. The number of carbonyl (C=O) groups is 1. The van der Waals surface area contributed by atoms with Crippen LogP contribution in [0.2, 0.25) is 0 Å². The summed E-state index contributed by atoms with van der Waals surface area (Å²) in [5.74, 6) is 0.927. The third-order valence-electron chi connectivity index (χ3n) is 2.37. The predicted octanol–water partition coefficient (Wildman–Crippen LogP) is 3.04. The maximum atomic E-state index is 11.0. The van der Waals surface area contributed by atoms with Crippen molar-refractivity contribution < 1.29 is 4.79 Å². The van der Waals surface area contributed by atoms with Crippen LogP contribution in [0.1, 0.15) is 24.9 Å². The molecule has 0 aliphatic rings. The standard InChI is InChI=1S/C13H14N2OS/c1-9-8-11(12-4-3-7-17-12)15-13(14-9)6-5-10(2)16/h3-4,7-8H,5-6H2,1-2H3. The number of nitrogens with zero attached hydrogens (tertiary/aromatic N) is 2. The summed E-state index contributed by atoms with van der Waals surface area (Å²) in [5.41, 5.74) is 1.90. The molecule has 0 amide bonds. The van der Waals surface area contributed by atoms with E-state index in [4.69, 9.17) is 0 Å². The van der Waals surface area contributed by atoms with Crippen molar-refractivity contribution in [2.75, 3.05) is 0 Å². The van der Waals surface area contributed by atoms with Gasteiger partial charge < -0.3 is 4.79 Å². The van der Waals surface area contributed by atoms with Crippen molar-refractivity contribution in [2.24, 2.45) is 0 Å². The van der Waals surface area contributed by atoms with Crippen LogP contribution in [0.4, 0.5) is 0 Å². The maximum absolute atomic E-state index is 11.0. The smallest absolute Gasteiger partial charge is 0.130 e. The summed E-state index contributed by atoms with van der Waals surface area (Å²) in [6, 6.07) is 6.02. The highest BCUT2D eigenvalue weighted by Gasteiger charge is 2.06. The zero-order chi connectivity index (χ0) is 12.3. The van der Waals surface area contributed by atoms with E-state index in [1.807, 2.05) is 30.5 Å². The van der Waals surface area contributed by atoms with Gasteiger partial charge in [0.1, 0.15) is 11.6 Å². The molecule has 2 aromatic heterocycles. The quantitative estimate of drug-likeness (QED) is 0.832. The van der Waals surface area contributed by atoms with Crippen molar-refractivity contribution in [3.05, 3.63) is 35.1 Å². The molecule has 0 fully saturated rings. The van der Waals surface area contributed by atoms with Crippen molar-refractivity contribution in [3.8, 4) is 10.6 Å². The van der Waals surface area contributed by atoms with Crippen LogP contribution in [0.5, 0.6) is 0 Å². The van der Waals surface area contributed by atoms with Crippen LogP contribution >= 0.6 is 11.3 Å². The Morgan fingerprint density at radius 1 is 1.41 bits per heavy atom. The van der Waals surface area contributed by atoms with Gasteiger partial charge in [-0.1, -0.05) is 6.07 Å². The number of aryl methyl sites for hydroxylation is 2. The molecule has 0 spiro atoms. The Hall–Kier alpha value is -1.55. The highest BCUT2D eigenvalue weighted by atomic mass is 32.1. The molecule has 2 rings (SSSR count). The zero-order valence-corrected chi connectivity index (χ0v) is 10.8. The van der Waals surface area contributed by atoms with Crippen LogP contribution in [0.15, 0.2) is 23.6 Å². The normalized spacial score (nSPS) is 10.5. The maximum Gasteiger partial charge on any atom is 0.130 e. The molecule has 88 valence electrons. The second-order valence-corrected chi connectivity index (χ2v) is 4.94. The van der Waals surface area contributed by atoms with Crippen LogP contribution in [-0.4, -0.2) is 15.8 Å². The first-order valence-corrected chi connectivity index (χ1v) is 6.41. The molecule has 0 bridgehead atoms. The first kappa shape index (κ1) is 11.9. The first-order valence-electron chi connectivity index (χ1n) is 5.53. The summed E-state index contributed by atoms with van der Waals surface area (Å²) in [6.45, 7) is 3.55. The minimum Gasteiger partial charge on any atom is -0.300 e. The van der Waals surface area contributed by atoms with E-state index in [9.17, 15) is 4.79 Å². The first-order chi connectivity index (χ1) is 8.15. The molecule has 0 saturated carbocycles. The highest BCUT2D eigenvalue weighted by Crippen LogP contribution is 2.23. The van der Waals surface area contributed by atoms with E-state index < -0.39 is 0 Å². The minimum atomic E-state index is 0.174. The summed E-state index contributed by atoms with van der Waals surface area (Å²) in [4.78, 5) is 21.0. The highest BCUT2D eigenvalue weighted by molar-refractivity contribution is 7.13. The number of Topliss-reactive ketones (excluding diaryl/α,β-unsaturated/α-hetero) is 1. The third-order valence-corrected chi connectivity index (χ3v) is 3.27. The van der Waals surface area contributed by atoms with Crippen LogP contribution in [0, 0.1) is 6.92 Å². The summed E-state index contributed by atoms with van der Waals surface area (Å²) in [7, 11) is 0. The lowest BCUT2D eigenvalue weighted by Crippen LogP contribution is -2.01. The van der Waals surface area contributed by atoms with Crippen molar-refractivity contribution >= 4 is 17.1 Å². The van der Waals surface area contributed by atoms with Crippen LogP contribution in [0.25, 0.3) is 10.6 Å². The van der Waals surface area contributed by atoms with E-state index in [0.717, 1.165) is 22.1 Å². The van der Waals surface area contributed by atoms with E-state index in [-0.39, 0.29) is 5.78 Å². The number of hydrogen-bond donors (Lipinski definition) is 0. The molecule has 0 aliphatic carbocycles. The van der Waals surface area contributed by atoms with E-state index in [1.54, 1.807) is 18.3 Å².